The van der Waals surface area contributed by atoms with E-state index >= 15 is 0 Å². The predicted molar refractivity (Wildman–Crippen MR) is 93.3 cm³/mol. The van der Waals surface area contributed by atoms with Crippen molar-refractivity contribution in [1.82, 2.24) is 4.90 Å². The van der Waals surface area contributed by atoms with Crippen LogP contribution >= 0.6 is 0 Å². The van der Waals surface area contributed by atoms with Gasteiger partial charge in [-0.3, -0.25) is 4.90 Å². The number of rotatable bonds is 2. The standard InChI is InChI=1S/C20H27NO2/c1-5-14-6-8-15(9-7-14)16-12-17-10-11-18(13-16)21(17)19(22)23-20(2,3)4/h6-9,12,17-18H,5,10-11,13H2,1-4H3. The van der Waals surface area contributed by atoms with Crippen molar-refractivity contribution < 1.29 is 9.53 Å². The molecule has 0 radical (unpaired) electrons. The molecule has 0 saturated carbocycles. The van der Waals surface area contributed by atoms with Crippen molar-refractivity contribution in [2.75, 3.05) is 0 Å². The summed E-state index contributed by atoms with van der Waals surface area (Å²) in [5, 5.41) is 0. The minimum atomic E-state index is -0.434. The summed E-state index contributed by atoms with van der Waals surface area (Å²) in [5.74, 6) is 0. The summed E-state index contributed by atoms with van der Waals surface area (Å²) in [7, 11) is 0. The average Bonchev–Trinajstić information content (AvgIpc) is 2.76. The van der Waals surface area contributed by atoms with Crippen molar-refractivity contribution >= 4 is 11.7 Å². The number of carbonyl (C=O) groups is 1. The van der Waals surface area contributed by atoms with E-state index < -0.39 is 5.60 Å². The number of hydrogen-bond donors (Lipinski definition) is 0. The highest BCUT2D eigenvalue weighted by Crippen LogP contribution is 2.39. The molecule has 3 nitrogen and oxygen atoms in total. The molecule has 1 aromatic carbocycles. The van der Waals surface area contributed by atoms with Crippen molar-refractivity contribution in [3.05, 3.63) is 41.5 Å². The van der Waals surface area contributed by atoms with Gasteiger partial charge in [0.15, 0.2) is 0 Å². The highest BCUT2D eigenvalue weighted by molar-refractivity contribution is 5.75. The Morgan fingerprint density at radius 3 is 2.48 bits per heavy atom. The second kappa shape index (κ2) is 6.03. The minimum Gasteiger partial charge on any atom is -0.444 e. The molecular weight excluding hydrogens is 286 g/mol. The van der Waals surface area contributed by atoms with Crippen LogP contribution in [0.5, 0.6) is 0 Å². The monoisotopic (exact) mass is 313 g/mol. The fourth-order valence-corrected chi connectivity index (χ4v) is 3.60. The van der Waals surface area contributed by atoms with Gasteiger partial charge < -0.3 is 4.74 Å². The molecule has 2 bridgehead atoms. The Balaban J connectivity index is 1.78. The molecule has 3 rings (SSSR count). The third-order valence-corrected chi connectivity index (χ3v) is 4.73. The molecule has 124 valence electrons. The number of carbonyl (C=O) groups excluding carboxylic acids is 1. The van der Waals surface area contributed by atoms with E-state index in [1.807, 2.05) is 25.7 Å². The van der Waals surface area contributed by atoms with Crippen LogP contribution in [-0.2, 0) is 11.2 Å². The number of benzene rings is 1. The number of fused-ring (bicyclic) bond motifs is 2. The number of amides is 1. The molecule has 0 spiro atoms. The maximum atomic E-state index is 12.5. The summed E-state index contributed by atoms with van der Waals surface area (Å²) in [6.45, 7) is 7.95. The molecule has 1 fully saturated rings. The van der Waals surface area contributed by atoms with Crippen LogP contribution in [0.4, 0.5) is 4.79 Å². The van der Waals surface area contributed by atoms with E-state index in [1.54, 1.807) is 0 Å². The van der Waals surface area contributed by atoms with Gasteiger partial charge >= 0.3 is 6.09 Å². The smallest absolute Gasteiger partial charge is 0.411 e. The fraction of sp³-hybridized carbons (Fsp3) is 0.550. The van der Waals surface area contributed by atoms with E-state index in [0.717, 1.165) is 25.7 Å². The number of ether oxygens (including phenoxy) is 1. The molecule has 2 heterocycles. The summed E-state index contributed by atoms with van der Waals surface area (Å²) in [5.41, 5.74) is 3.60. The molecule has 23 heavy (non-hydrogen) atoms. The van der Waals surface area contributed by atoms with E-state index in [0.29, 0.717) is 0 Å². The Labute approximate surface area is 139 Å². The van der Waals surface area contributed by atoms with Crippen molar-refractivity contribution in [2.45, 2.75) is 71.1 Å². The van der Waals surface area contributed by atoms with Crippen LogP contribution in [0, 0.1) is 0 Å². The molecule has 2 atom stereocenters. The summed E-state index contributed by atoms with van der Waals surface area (Å²) >= 11 is 0. The molecule has 1 aromatic rings. The van der Waals surface area contributed by atoms with Crippen LogP contribution in [0.1, 0.15) is 58.1 Å². The predicted octanol–water partition coefficient (Wildman–Crippen LogP) is 4.80. The Morgan fingerprint density at radius 2 is 1.91 bits per heavy atom. The van der Waals surface area contributed by atoms with E-state index in [-0.39, 0.29) is 18.2 Å². The van der Waals surface area contributed by atoms with Crippen LogP contribution in [0.25, 0.3) is 5.57 Å². The highest BCUT2D eigenvalue weighted by atomic mass is 16.6. The lowest BCUT2D eigenvalue weighted by Gasteiger charge is -2.35. The first-order valence-electron chi connectivity index (χ1n) is 8.68. The second-order valence-corrected chi connectivity index (χ2v) is 7.63. The Morgan fingerprint density at radius 1 is 1.22 bits per heavy atom. The highest BCUT2D eigenvalue weighted by Gasteiger charge is 2.41. The van der Waals surface area contributed by atoms with E-state index in [2.05, 4.69) is 37.3 Å². The summed E-state index contributed by atoms with van der Waals surface area (Å²) in [6.07, 6.45) is 6.21. The normalized spacial score (nSPS) is 23.7. The molecule has 0 aliphatic carbocycles. The maximum absolute atomic E-state index is 12.5. The van der Waals surface area contributed by atoms with Crippen molar-refractivity contribution in [3.8, 4) is 0 Å². The van der Waals surface area contributed by atoms with Crippen molar-refractivity contribution in [3.63, 3.8) is 0 Å². The summed E-state index contributed by atoms with van der Waals surface area (Å²) in [4.78, 5) is 14.4. The first-order chi connectivity index (χ1) is 10.9. The summed E-state index contributed by atoms with van der Waals surface area (Å²) in [6, 6.07) is 9.31. The molecule has 2 aliphatic rings. The zero-order valence-electron chi connectivity index (χ0n) is 14.6. The SMILES string of the molecule is CCc1ccc(C2=CC3CCC(C2)N3C(=O)OC(C)(C)C)cc1. The van der Waals surface area contributed by atoms with Gasteiger partial charge in [-0.25, -0.2) is 4.79 Å². The van der Waals surface area contributed by atoms with Crippen LogP contribution in [0.3, 0.4) is 0 Å². The van der Waals surface area contributed by atoms with Gasteiger partial charge in [-0.1, -0.05) is 37.3 Å². The Hall–Kier alpha value is -1.77. The third kappa shape index (κ3) is 3.44. The Bertz CT molecular complexity index is 610. The summed E-state index contributed by atoms with van der Waals surface area (Å²) < 4.78 is 5.59. The largest absolute Gasteiger partial charge is 0.444 e. The van der Waals surface area contributed by atoms with Gasteiger partial charge in [0.1, 0.15) is 5.60 Å². The quantitative estimate of drug-likeness (QED) is 0.784. The molecule has 2 unspecified atom stereocenters. The van der Waals surface area contributed by atoms with E-state index in [4.69, 9.17) is 4.74 Å². The molecule has 1 amide bonds. The lowest BCUT2D eigenvalue weighted by Crippen LogP contribution is -2.45. The number of nitrogens with zero attached hydrogens (tertiary/aromatic N) is 1. The number of aryl methyl sites for hydroxylation is 1. The Kier molecular flexibility index (Phi) is 4.22. The molecule has 2 aliphatic heterocycles. The lowest BCUT2D eigenvalue weighted by atomic mass is 9.94. The molecular formula is C20H27NO2. The van der Waals surface area contributed by atoms with Crippen LogP contribution in [-0.4, -0.2) is 28.7 Å². The van der Waals surface area contributed by atoms with Gasteiger partial charge in [-0.05, 0) is 63.2 Å². The van der Waals surface area contributed by atoms with Gasteiger partial charge in [0.05, 0.1) is 6.04 Å². The first-order valence-corrected chi connectivity index (χ1v) is 8.68. The first kappa shape index (κ1) is 16.1. The zero-order valence-corrected chi connectivity index (χ0v) is 14.6. The van der Waals surface area contributed by atoms with E-state index in [9.17, 15) is 4.79 Å². The average molecular weight is 313 g/mol. The second-order valence-electron chi connectivity index (χ2n) is 7.63. The molecule has 0 aromatic heterocycles. The van der Waals surface area contributed by atoms with Crippen LogP contribution < -0.4 is 0 Å². The van der Waals surface area contributed by atoms with Gasteiger partial charge in [0.2, 0.25) is 0 Å². The molecule has 0 N–H and O–H groups in total. The van der Waals surface area contributed by atoms with Crippen LogP contribution in [0.15, 0.2) is 30.3 Å². The van der Waals surface area contributed by atoms with Gasteiger partial charge in [0, 0.05) is 6.04 Å². The maximum Gasteiger partial charge on any atom is 0.411 e. The third-order valence-electron chi connectivity index (χ3n) is 4.73. The minimum absolute atomic E-state index is 0.165. The molecule has 1 saturated heterocycles. The zero-order chi connectivity index (χ0) is 16.6. The van der Waals surface area contributed by atoms with Gasteiger partial charge in [-0.15, -0.1) is 0 Å². The van der Waals surface area contributed by atoms with E-state index in [1.165, 1.54) is 16.7 Å². The lowest BCUT2D eigenvalue weighted by molar-refractivity contribution is 0.0175. The van der Waals surface area contributed by atoms with Gasteiger partial charge in [0.25, 0.3) is 0 Å². The fourth-order valence-electron chi connectivity index (χ4n) is 3.60. The number of hydrogen-bond acceptors (Lipinski definition) is 2. The van der Waals surface area contributed by atoms with Crippen molar-refractivity contribution in [1.29, 1.82) is 0 Å². The van der Waals surface area contributed by atoms with Gasteiger partial charge in [-0.2, -0.15) is 0 Å². The molecule has 3 heteroatoms. The van der Waals surface area contributed by atoms with Crippen molar-refractivity contribution in [2.24, 2.45) is 0 Å². The topological polar surface area (TPSA) is 29.5 Å². The van der Waals surface area contributed by atoms with Crippen LogP contribution in [0.2, 0.25) is 0 Å².